The van der Waals surface area contributed by atoms with Crippen LogP contribution in [0, 0.1) is 0 Å². The molecule has 2 nitrogen and oxygen atoms in total. The SMILES string of the molecule is C=CCc1cccc(OC(C)(C)C)c1O. The summed E-state index contributed by atoms with van der Waals surface area (Å²) in [6.45, 7) is 9.50. The average Bonchev–Trinajstić information content (AvgIpc) is 2.10. The van der Waals surface area contributed by atoms with Crippen LogP contribution in [-0.4, -0.2) is 10.7 Å². The lowest BCUT2D eigenvalue weighted by atomic mass is 10.1. The van der Waals surface area contributed by atoms with Crippen molar-refractivity contribution in [2.45, 2.75) is 32.8 Å². The van der Waals surface area contributed by atoms with Crippen molar-refractivity contribution in [1.82, 2.24) is 0 Å². The van der Waals surface area contributed by atoms with Crippen molar-refractivity contribution < 1.29 is 9.84 Å². The van der Waals surface area contributed by atoms with E-state index in [0.29, 0.717) is 12.2 Å². The summed E-state index contributed by atoms with van der Waals surface area (Å²) >= 11 is 0. The molecule has 0 aliphatic rings. The predicted octanol–water partition coefficient (Wildman–Crippen LogP) is 3.30. The molecule has 0 amide bonds. The molecule has 1 N–H and O–H groups in total. The van der Waals surface area contributed by atoms with E-state index in [0.717, 1.165) is 5.56 Å². The fourth-order valence-corrected chi connectivity index (χ4v) is 1.30. The first-order valence-electron chi connectivity index (χ1n) is 5.05. The Morgan fingerprint density at radius 2 is 2.07 bits per heavy atom. The number of phenolic OH excluding ortho intramolecular Hbond substituents is 1. The summed E-state index contributed by atoms with van der Waals surface area (Å²) in [5.74, 6) is 0.745. The van der Waals surface area contributed by atoms with E-state index in [1.165, 1.54) is 0 Å². The van der Waals surface area contributed by atoms with Crippen LogP contribution < -0.4 is 4.74 Å². The fourth-order valence-electron chi connectivity index (χ4n) is 1.30. The zero-order valence-corrected chi connectivity index (χ0v) is 9.58. The summed E-state index contributed by atoms with van der Waals surface area (Å²) in [6, 6.07) is 5.51. The third-order valence-electron chi connectivity index (χ3n) is 1.86. The summed E-state index contributed by atoms with van der Waals surface area (Å²) in [7, 11) is 0. The molecule has 0 aliphatic carbocycles. The second-order valence-electron chi connectivity index (χ2n) is 4.47. The van der Waals surface area contributed by atoms with E-state index in [2.05, 4.69) is 6.58 Å². The number of aromatic hydroxyl groups is 1. The fraction of sp³-hybridized carbons (Fsp3) is 0.385. The molecule has 0 unspecified atom stereocenters. The minimum absolute atomic E-state index is 0.215. The first kappa shape index (κ1) is 11.6. The van der Waals surface area contributed by atoms with Gasteiger partial charge >= 0.3 is 0 Å². The molecule has 2 heteroatoms. The molecule has 1 aromatic rings. The highest BCUT2D eigenvalue weighted by atomic mass is 16.5. The highest BCUT2D eigenvalue weighted by molar-refractivity contribution is 5.46. The zero-order valence-electron chi connectivity index (χ0n) is 9.58. The van der Waals surface area contributed by atoms with Gasteiger partial charge in [0.05, 0.1) is 0 Å². The van der Waals surface area contributed by atoms with Gasteiger partial charge in [0.1, 0.15) is 5.60 Å². The maximum Gasteiger partial charge on any atom is 0.162 e. The molecule has 0 saturated heterocycles. The number of allylic oxidation sites excluding steroid dienone is 1. The van der Waals surface area contributed by atoms with Crippen molar-refractivity contribution in [3.63, 3.8) is 0 Å². The quantitative estimate of drug-likeness (QED) is 0.769. The van der Waals surface area contributed by atoms with Crippen LogP contribution in [0.25, 0.3) is 0 Å². The van der Waals surface area contributed by atoms with Gasteiger partial charge < -0.3 is 9.84 Å². The third-order valence-corrected chi connectivity index (χ3v) is 1.86. The molecule has 15 heavy (non-hydrogen) atoms. The molecule has 0 bridgehead atoms. The molecule has 0 radical (unpaired) electrons. The van der Waals surface area contributed by atoms with E-state index >= 15 is 0 Å². The smallest absolute Gasteiger partial charge is 0.162 e. The van der Waals surface area contributed by atoms with E-state index in [1.807, 2.05) is 32.9 Å². The van der Waals surface area contributed by atoms with Gasteiger partial charge in [-0.25, -0.2) is 0 Å². The lowest BCUT2D eigenvalue weighted by Crippen LogP contribution is -2.23. The molecular formula is C13H18O2. The summed E-state index contributed by atoms with van der Waals surface area (Å²) < 4.78 is 5.64. The highest BCUT2D eigenvalue weighted by Crippen LogP contribution is 2.32. The number of hydrogen-bond donors (Lipinski definition) is 1. The second kappa shape index (κ2) is 4.39. The second-order valence-corrected chi connectivity index (χ2v) is 4.47. The Hall–Kier alpha value is -1.44. The molecule has 0 fully saturated rings. The first-order valence-corrected chi connectivity index (χ1v) is 5.05. The number of rotatable bonds is 3. The van der Waals surface area contributed by atoms with Gasteiger partial charge in [-0.3, -0.25) is 0 Å². The zero-order chi connectivity index (χ0) is 11.5. The van der Waals surface area contributed by atoms with Crippen molar-refractivity contribution in [3.05, 3.63) is 36.4 Å². The minimum atomic E-state index is -0.301. The van der Waals surface area contributed by atoms with Gasteiger partial charge in [0, 0.05) is 5.56 Å². The Morgan fingerprint density at radius 1 is 1.40 bits per heavy atom. The number of benzene rings is 1. The maximum absolute atomic E-state index is 9.91. The molecule has 82 valence electrons. The van der Waals surface area contributed by atoms with Crippen molar-refractivity contribution in [2.24, 2.45) is 0 Å². The van der Waals surface area contributed by atoms with Crippen LogP contribution in [0.5, 0.6) is 11.5 Å². The normalized spacial score (nSPS) is 11.1. The van der Waals surface area contributed by atoms with E-state index < -0.39 is 0 Å². The standard InChI is InChI=1S/C13H18O2/c1-5-7-10-8-6-9-11(12(10)14)15-13(2,3)4/h5-6,8-9,14H,1,7H2,2-4H3. The Balaban J connectivity index is 2.99. The van der Waals surface area contributed by atoms with Crippen molar-refractivity contribution >= 4 is 0 Å². The van der Waals surface area contributed by atoms with Gasteiger partial charge in [-0.15, -0.1) is 6.58 Å². The van der Waals surface area contributed by atoms with Gasteiger partial charge in [0.15, 0.2) is 11.5 Å². The molecule has 0 aromatic heterocycles. The Bertz CT molecular complexity index is 348. The molecule has 1 aromatic carbocycles. The number of para-hydroxylation sites is 1. The molecule has 1 rings (SSSR count). The molecule has 0 heterocycles. The molecule has 0 aliphatic heterocycles. The van der Waals surface area contributed by atoms with E-state index in [1.54, 1.807) is 12.1 Å². The summed E-state index contributed by atoms with van der Waals surface area (Å²) in [5.41, 5.74) is 0.538. The number of phenols is 1. The Morgan fingerprint density at radius 3 is 2.60 bits per heavy atom. The van der Waals surface area contributed by atoms with E-state index in [9.17, 15) is 5.11 Å². The van der Waals surface area contributed by atoms with Crippen LogP contribution >= 0.6 is 0 Å². The first-order chi connectivity index (χ1) is 6.94. The minimum Gasteiger partial charge on any atom is -0.504 e. The van der Waals surface area contributed by atoms with Crippen molar-refractivity contribution in [2.75, 3.05) is 0 Å². The molecule has 0 saturated carbocycles. The van der Waals surface area contributed by atoms with Crippen LogP contribution in [-0.2, 0) is 6.42 Å². The summed E-state index contributed by atoms with van der Waals surface area (Å²) in [4.78, 5) is 0. The number of ether oxygens (including phenoxy) is 1. The lowest BCUT2D eigenvalue weighted by Gasteiger charge is -2.22. The Labute approximate surface area is 91.2 Å². The van der Waals surface area contributed by atoms with Crippen LogP contribution in [0.15, 0.2) is 30.9 Å². The van der Waals surface area contributed by atoms with Crippen LogP contribution in [0.2, 0.25) is 0 Å². The van der Waals surface area contributed by atoms with Gasteiger partial charge in [-0.05, 0) is 33.3 Å². The van der Waals surface area contributed by atoms with Gasteiger partial charge in [-0.1, -0.05) is 18.2 Å². The topological polar surface area (TPSA) is 29.5 Å². The Kier molecular flexibility index (Phi) is 3.40. The van der Waals surface area contributed by atoms with Crippen LogP contribution in [0.4, 0.5) is 0 Å². The van der Waals surface area contributed by atoms with Gasteiger partial charge in [-0.2, -0.15) is 0 Å². The molecule has 0 spiro atoms. The highest BCUT2D eigenvalue weighted by Gasteiger charge is 2.15. The predicted molar refractivity (Wildman–Crippen MR) is 62.4 cm³/mol. The summed E-state index contributed by atoms with van der Waals surface area (Å²) in [6.07, 6.45) is 2.41. The average molecular weight is 206 g/mol. The molecular weight excluding hydrogens is 188 g/mol. The van der Waals surface area contributed by atoms with Gasteiger partial charge in [0.2, 0.25) is 0 Å². The van der Waals surface area contributed by atoms with Crippen molar-refractivity contribution in [3.8, 4) is 11.5 Å². The van der Waals surface area contributed by atoms with Crippen LogP contribution in [0.3, 0.4) is 0 Å². The third kappa shape index (κ3) is 3.31. The summed E-state index contributed by atoms with van der Waals surface area (Å²) in [5, 5.41) is 9.91. The number of hydrogen-bond acceptors (Lipinski definition) is 2. The van der Waals surface area contributed by atoms with Crippen molar-refractivity contribution in [1.29, 1.82) is 0 Å². The van der Waals surface area contributed by atoms with E-state index in [4.69, 9.17) is 4.74 Å². The monoisotopic (exact) mass is 206 g/mol. The lowest BCUT2D eigenvalue weighted by molar-refractivity contribution is 0.125. The maximum atomic E-state index is 9.91. The largest absolute Gasteiger partial charge is 0.504 e. The molecule has 0 atom stereocenters. The van der Waals surface area contributed by atoms with Crippen LogP contribution in [0.1, 0.15) is 26.3 Å². The van der Waals surface area contributed by atoms with Gasteiger partial charge in [0.25, 0.3) is 0 Å². The van der Waals surface area contributed by atoms with E-state index in [-0.39, 0.29) is 11.4 Å².